The summed E-state index contributed by atoms with van der Waals surface area (Å²) in [7, 11) is 0. The molecule has 1 N–H and O–H groups in total. The number of carbonyl (C=O) groups is 1. The van der Waals surface area contributed by atoms with Crippen LogP contribution in [0.3, 0.4) is 0 Å². The van der Waals surface area contributed by atoms with E-state index in [1.165, 1.54) is 6.42 Å². The molecule has 0 fully saturated rings. The van der Waals surface area contributed by atoms with Crippen LogP contribution in [-0.2, 0) is 4.79 Å². The molecule has 0 aliphatic carbocycles. The molecule has 0 bridgehead atoms. The highest BCUT2D eigenvalue weighted by molar-refractivity contribution is 9.09. The molecule has 1 atom stereocenters. The molecule has 66 valence electrons. The number of rotatable bonds is 5. The third kappa shape index (κ3) is 7.85. The van der Waals surface area contributed by atoms with Gasteiger partial charge in [-0.25, -0.2) is 0 Å². The Morgan fingerprint density at radius 3 is 2.73 bits per heavy atom. The first kappa shape index (κ1) is 11.0. The van der Waals surface area contributed by atoms with Gasteiger partial charge in [-0.3, -0.25) is 4.79 Å². The zero-order chi connectivity index (χ0) is 8.69. The quantitative estimate of drug-likeness (QED) is 0.559. The van der Waals surface area contributed by atoms with Crippen molar-refractivity contribution < 1.29 is 4.79 Å². The Labute approximate surface area is 76.9 Å². The Balaban J connectivity index is 3.08. The third-order valence-corrected chi connectivity index (χ3v) is 2.62. The van der Waals surface area contributed by atoms with Crippen LogP contribution >= 0.6 is 15.9 Å². The largest absolute Gasteiger partial charge is 0.356 e. The van der Waals surface area contributed by atoms with Gasteiger partial charge in [-0.05, 0) is 18.8 Å². The lowest BCUT2D eigenvalue weighted by Gasteiger charge is -2.06. The van der Waals surface area contributed by atoms with Crippen molar-refractivity contribution in [2.24, 2.45) is 5.92 Å². The minimum Gasteiger partial charge on any atom is -0.356 e. The number of alkyl halides is 1. The van der Waals surface area contributed by atoms with E-state index >= 15 is 0 Å². The molecule has 0 saturated heterocycles. The topological polar surface area (TPSA) is 29.1 Å². The number of nitrogens with one attached hydrogen (secondary N) is 1. The molecule has 0 rings (SSSR count). The second kappa shape index (κ2) is 6.65. The lowest BCUT2D eigenvalue weighted by molar-refractivity contribution is -0.118. The maximum Gasteiger partial charge on any atom is 0.216 e. The van der Waals surface area contributed by atoms with Crippen LogP contribution in [0.5, 0.6) is 0 Å². The predicted octanol–water partition coefficient (Wildman–Crippen LogP) is 1.93. The number of amides is 1. The van der Waals surface area contributed by atoms with Crippen molar-refractivity contribution >= 4 is 21.8 Å². The smallest absolute Gasteiger partial charge is 0.216 e. The fourth-order valence-electron chi connectivity index (χ4n) is 0.792. The molecule has 0 radical (unpaired) electrons. The molecule has 0 heterocycles. The maximum atomic E-state index is 10.4. The van der Waals surface area contributed by atoms with E-state index in [1.54, 1.807) is 6.92 Å². The van der Waals surface area contributed by atoms with E-state index in [2.05, 4.69) is 28.2 Å². The first-order valence-electron chi connectivity index (χ1n) is 3.97. The molecule has 0 aromatic carbocycles. The van der Waals surface area contributed by atoms with E-state index in [9.17, 15) is 4.79 Å². The van der Waals surface area contributed by atoms with Gasteiger partial charge in [0, 0.05) is 18.8 Å². The van der Waals surface area contributed by atoms with Crippen molar-refractivity contribution in [2.75, 3.05) is 11.9 Å². The first-order chi connectivity index (χ1) is 5.16. The molecule has 2 nitrogen and oxygen atoms in total. The van der Waals surface area contributed by atoms with Crippen molar-refractivity contribution in [3.05, 3.63) is 0 Å². The summed E-state index contributed by atoms with van der Waals surface area (Å²) in [5.41, 5.74) is 0. The summed E-state index contributed by atoms with van der Waals surface area (Å²) in [6, 6.07) is 0. The molecular formula is C8H16BrNO. The standard InChI is InChI=1S/C8H16BrNO/c1-7(6-9)4-3-5-10-8(2)11/h7H,3-6H2,1-2H3,(H,10,11). The van der Waals surface area contributed by atoms with Crippen molar-refractivity contribution in [1.82, 2.24) is 5.32 Å². The van der Waals surface area contributed by atoms with E-state index in [-0.39, 0.29) is 5.91 Å². The van der Waals surface area contributed by atoms with Gasteiger partial charge in [0.15, 0.2) is 0 Å². The van der Waals surface area contributed by atoms with Gasteiger partial charge >= 0.3 is 0 Å². The van der Waals surface area contributed by atoms with Crippen LogP contribution in [0, 0.1) is 5.92 Å². The van der Waals surface area contributed by atoms with Gasteiger partial charge in [0.05, 0.1) is 0 Å². The Morgan fingerprint density at radius 1 is 1.64 bits per heavy atom. The van der Waals surface area contributed by atoms with Crippen LogP contribution in [-0.4, -0.2) is 17.8 Å². The van der Waals surface area contributed by atoms with Crippen LogP contribution in [0.4, 0.5) is 0 Å². The number of carbonyl (C=O) groups excluding carboxylic acids is 1. The molecule has 11 heavy (non-hydrogen) atoms. The van der Waals surface area contributed by atoms with E-state index in [0.717, 1.165) is 18.3 Å². The van der Waals surface area contributed by atoms with Gasteiger partial charge < -0.3 is 5.32 Å². The summed E-state index contributed by atoms with van der Waals surface area (Å²) in [6.07, 6.45) is 2.25. The number of hydrogen-bond donors (Lipinski definition) is 1. The minimum absolute atomic E-state index is 0.0662. The van der Waals surface area contributed by atoms with Crippen LogP contribution in [0.1, 0.15) is 26.7 Å². The molecule has 0 aliphatic rings. The summed E-state index contributed by atoms with van der Waals surface area (Å²) in [4.78, 5) is 10.4. The third-order valence-electron chi connectivity index (χ3n) is 1.51. The summed E-state index contributed by atoms with van der Waals surface area (Å²) in [5, 5.41) is 3.82. The summed E-state index contributed by atoms with van der Waals surface area (Å²) >= 11 is 3.41. The normalized spacial score (nSPS) is 12.6. The number of halogens is 1. The van der Waals surface area contributed by atoms with Crippen molar-refractivity contribution in [2.45, 2.75) is 26.7 Å². The molecule has 1 unspecified atom stereocenters. The second-order valence-electron chi connectivity index (χ2n) is 2.88. The summed E-state index contributed by atoms with van der Waals surface area (Å²) < 4.78 is 0. The summed E-state index contributed by atoms with van der Waals surface area (Å²) in [5.74, 6) is 0.778. The Bertz CT molecular complexity index is 117. The molecule has 0 aliphatic heterocycles. The van der Waals surface area contributed by atoms with E-state index in [4.69, 9.17) is 0 Å². The Morgan fingerprint density at radius 2 is 2.27 bits per heavy atom. The molecule has 0 aromatic rings. The monoisotopic (exact) mass is 221 g/mol. The van der Waals surface area contributed by atoms with Crippen molar-refractivity contribution in [3.8, 4) is 0 Å². The fourth-order valence-corrected chi connectivity index (χ4v) is 1.12. The van der Waals surface area contributed by atoms with Gasteiger partial charge in [-0.2, -0.15) is 0 Å². The average molecular weight is 222 g/mol. The van der Waals surface area contributed by atoms with Gasteiger partial charge in [-0.1, -0.05) is 22.9 Å². The first-order valence-corrected chi connectivity index (χ1v) is 5.09. The van der Waals surface area contributed by atoms with E-state index < -0.39 is 0 Å². The molecule has 1 amide bonds. The highest BCUT2D eigenvalue weighted by Crippen LogP contribution is 2.07. The van der Waals surface area contributed by atoms with Gasteiger partial charge in [-0.15, -0.1) is 0 Å². The second-order valence-corrected chi connectivity index (χ2v) is 3.53. The lowest BCUT2D eigenvalue weighted by atomic mass is 10.1. The van der Waals surface area contributed by atoms with Gasteiger partial charge in [0.25, 0.3) is 0 Å². The zero-order valence-electron chi connectivity index (χ0n) is 7.19. The predicted molar refractivity (Wildman–Crippen MR) is 50.9 cm³/mol. The molecule has 0 spiro atoms. The van der Waals surface area contributed by atoms with Crippen LogP contribution in [0.2, 0.25) is 0 Å². The molecule has 0 aromatic heterocycles. The number of hydrogen-bond acceptors (Lipinski definition) is 1. The van der Waals surface area contributed by atoms with Gasteiger partial charge in [0.1, 0.15) is 0 Å². The lowest BCUT2D eigenvalue weighted by Crippen LogP contribution is -2.21. The highest BCUT2D eigenvalue weighted by atomic mass is 79.9. The molecular weight excluding hydrogens is 206 g/mol. The maximum absolute atomic E-state index is 10.4. The highest BCUT2D eigenvalue weighted by Gasteiger charge is 1.98. The van der Waals surface area contributed by atoms with Gasteiger partial charge in [0.2, 0.25) is 5.91 Å². The van der Waals surface area contributed by atoms with Crippen molar-refractivity contribution in [1.29, 1.82) is 0 Å². The molecule has 0 saturated carbocycles. The fraction of sp³-hybridized carbons (Fsp3) is 0.875. The van der Waals surface area contributed by atoms with Crippen LogP contribution in [0.25, 0.3) is 0 Å². The summed E-state index contributed by atoms with van der Waals surface area (Å²) in [6.45, 7) is 4.56. The minimum atomic E-state index is 0.0662. The zero-order valence-corrected chi connectivity index (χ0v) is 8.78. The van der Waals surface area contributed by atoms with E-state index in [1.807, 2.05) is 0 Å². The Kier molecular flexibility index (Phi) is 6.62. The van der Waals surface area contributed by atoms with E-state index in [0.29, 0.717) is 5.92 Å². The van der Waals surface area contributed by atoms with Crippen LogP contribution in [0.15, 0.2) is 0 Å². The average Bonchev–Trinajstić information content (AvgIpc) is 1.97. The SMILES string of the molecule is CC(=O)NCCCC(C)CBr. The van der Waals surface area contributed by atoms with Crippen molar-refractivity contribution in [3.63, 3.8) is 0 Å². The van der Waals surface area contributed by atoms with Crippen LogP contribution < -0.4 is 5.32 Å². The Hall–Kier alpha value is -0.0500. The molecule has 3 heteroatoms.